The van der Waals surface area contributed by atoms with E-state index in [1.165, 1.54) is 4.57 Å². The van der Waals surface area contributed by atoms with Crippen molar-refractivity contribution in [2.45, 2.75) is 31.8 Å². The topological polar surface area (TPSA) is 73.9 Å². The number of aromatic nitrogens is 1. The van der Waals surface area contributed by atoms with Gasteiger partial charge in [0.25, 0.3) is 0 Å². The predicted octanol–water partition coefficient (Wildman–Crippen LogP) is 3.37. The summed E-state index contributed by atoms with van der Waals surface area (Å²) < 4.78 is 17.6. The molecule has 7 nitrogen and oxygen atoms in total. The first-order valence-corrected chi connectivity index (χ1v) is 9.72. The first-order valence-electron chi connectivity index (χ1n) is 9.72. The molecule has 1 aliphatic heterocycles. The second-order valence-electron chi connectivity index (χ2n) is 7.09. The van der Waals surface area contributed by atoms with Gasteiger partial charge in [0.1, 0.15) is 11.5 Å². The third-order valence-electron chi connectivity index (χ3n) is 5.49. The number of ether oxygens (including phenoxy) is 2. The number of carbonyl (C=O) groups excluding carboxylic acids is 1. The molecule has 29 heavy (non-hydrogen) atoms. The van der Waals surface area contributed by atoms with Crippen molar-refractivity contribution < 1.29 is 18.7 Å². The molecule has 0 radical (unpaired) electrons. The van der Waals surface area contributed by atoms with E-state index in [1.54, 1.807) is 20.3 Å². The summed E-state index contributed by atoms with van der Waals surface area (Å²) >= 11 is 0. The Morgan fingerprint density at radius 2 is 2.00 bits per heavy atom. The van der Waals surface area contributed by atoms with Gasteiger partial charge in [0.05, 0.1) is 25.8 Å². The molecule has 1 aliphatic rings. The van der Waals surface area contributed by atoms with Crippen LogP contribution >= 0.6 is 0 Å². The standard InChI is InChI=1S/C22H24N2O5/c1-27-15-9-10-19(28-2)16(14-15)17-7-5-12-23(17)21(25)11-13-24-18-6-3-4-8-20(18)29-22(24)26/h3-4,6,8-10,14,17H,5,7,11-13H2,1-2H3. The summed E-state index contributed by atoms with van der Waals surface area (Å²) in [5, 5.41) is 0. The number of benzene rings is 2. The van der Waals surface area contributed by atoms with E-state index in [1.807, 2.05) is 41.3 Å². The molecule has 0 aliphatic carbocycles. The number of methoxy groups -OCH3 is 2. The van der Waals surface area contributed by atoms with Crippen molar-refractivity contribution in [1.29, 1.82) is 0 Å². The Hall–Kier alpha value is -3.22. The fourth-order valence-electron chi connectivity index (χ4n) is 4.07. The van der Waals surface area contributed by atoms with Gasteiger partial charge in [-0.05, 0) is 43.2 Å². The molecule has 0 spiro atoms. The highest BCUT2D eigenvalue weighted by atomic mass is 16.5. The van der Waals surface area contributed by atoms with Crippen molar-refractivity contribution in [3.63, 3.8) is 0 Å². The van der Waals surface area contributed by atoms with Gasteiger partial charge in [0.15, 0.2) is 5.58 Å². The number of fused-ring (bicyclic) bond motifs is 1. The van der Waals surface area contributed by atoms with E-state index >= 15 is 0 Å². The minimum absolute atomic E-state index is 0.00885. The van der Waals surface area contributed by atoms with Crippen molar-refractivity contribution in [2.75, 3.05) is 20.8 Å². The van der Waals surface area contributed by atoms with Gasteiger partial charge >= 0.3 is 5.76 Å². The molecule has 152 valence electrons. The van der Waals surface area contributed by atoms with Gasteiger partial charge in [-0.15, -0.1) is 0 Å². The van der Waals surface area contributed by atoms with E-state index in [0.717, 1.165) is 29.9 Å². The van der Waals surface area contributed by atoms with Crippen LogP contribution in [0.3, 0.4) is 0 Å². The lowest BCUT2D eigenvalue weighted by Crippen LogP contribution is -2.32. The number of hydrogen-bond acceptors (Lipinski definition) is 5. The Morgan fingerprint density at radius 3 is 2.79 bits per heavy atom. The van der Waals surface area contributed by atoms with Crippen LogP contribution in [-0.4, -0.2) is 36.1 Å². The maximum absolute atomic E-state index is 13.0. The highest BCUT2D eigenvalue weighted by Gasteiger charge is 2.32. The molecular weight excluding hydrogens is 372 g/mol. The van der Waals surface area contributed by atoms with Gasteiger partial charge in [0, 0.05) is 25.1 Å². The summed E-state index contributed by atoms with van der Waals surface area (Å²) in [5.74, 6) is 1.05. The molecule has 2 aromatic carbocycles. The smallest absolute Gasteiger partial charge is 0.419 e. The lowest BCUT2D eigenvalue weighted by molar-refractivity contribution is -0.132. The van der Waals surface area contributed by atoms with Gasteiger partial charge in [-0.1, -0.05) is 12.1 Å². The summed E-state index contributed by atoms with van der Waals surface area (Å²) in [6, 6.07) is 12.8. The predicted molar refractivity (Wildman–Crippen MR) is 108 cm³/mol. The lowest BCUT2D eigenvalue weighted by Gasteiger charge is -2.27. The second kappa shape index (κ2) is 8.03. The number of hydrogen-bond donors (Lipinski definition) is 0. The number of carbonyl (C=O) groups is 1. The van der Waals surface area contributed by atoms with Crippen molar-refractivity contribution in [3.8, 4) is 11.5 Å². The Morgan fingerprint density at radius 1 is 1.17 bits per heavy atom. The fourth-order valence-corrected chi connectivity index (χ4v) is 4.07. The van der Waals surface area contributed by atoms with E-state index in [9.17, 15) is 9.59 Å². The summed E-state index contributed by atoms with van der Waals surface area (Å²) in [5.41, 5.74) is 2.19. The van der Waals surface area contributed by atoms with Crippen LogP contribution in [0.4, 0.5) is 0 Å². The summed E-state index contributed by atoms with van der Waals surface area (Å²) in [7, 11) is 3.25. The minimum Gasteiger partial charge on any atom is -0.497 e. The summed E-state index contributed by atoms with van der Waals surface area (Å²) in [4.78, 5) is 27.1. The number of rotatable bonds is 6. The van der Waals surface area contributed by atoms with Crippen LogP contribution in [0, 0.1) is 0 Å². The molecule has 0 N–H and O–H groups in total. The third kappa shape index (κ3) is 3.60. The molecule has 1 atom stereocenters. The van der Waals surface area contributed by atoms with Gasteiger partial charge < -0.3 is 18.8 Å². The molecule has 4 rings (SSSR count). The minimum atomic E-state index is -0.438. The number of nitrogens with zero attached hydrogens (tertiary/aromatic N) is 2. The largest absolute Gasteiger partial charge is 0.497 e. The molecule has 1 amide bonds. The van der Waals surface area contributed by atoms with Crippen molar-refractivity contribution in [2.24, 2.45) is 0 Å². The molecule has 1 unspecified atom stereocenters. The Labute approximate surface area is 168 Å². The molecule has 1 aromatic heterocycles. The number of likely N-dealkylation sites (tertiary alicyclic amines) is 1. The number of amides is 1. The molecule has 2 heterocycles. The monoisotopic (exact) mass is 396 g/mol. The molecule has 1 saturated heterocycles. The zero-order chi connectivity index (χ0) is 20.4. The van der Waals surface area contributed by atoms with Crippen LogP contribution < -0.4 is 15.2 Å². The van der Waals surface area contributed by atoms with E-state index in [2.05, 4.69) is 0 Å². The van der Waals surface area contributed by atoms with E-state index in [0.29, 0.717) is 17.6 Å². The number of aryl methyl sites for hydroxylation is 1. The van der Waals surface area contributed by atoms with Gasteiger partial charge in [0.2, 0.25) is 5.91 Å². The van der Waals surface area contributed by atoms with Crippen molar-refractivity contribution >= 4 is 17.0 Å². The molecule has 1 fully saturated rings. The van der Waals surface area contributed by atoms with E-state index in [-0.39, 0.29) is 24.9 Å². The van der Waals surface area contributed by atoms with E-state index < -0.39 is 5.76 Å². The first kappa shape index (κ1) is 19.1. The SMILES string of the molecule is COc1ccc(OC)c(C2CCCN2C(=O)CCn2c(=O)oc3ccccc32)c1. The fraction of sp³-hybridized carbons (Fsp3) is 0.364. The molecule has 0 bridgehead atoms. The lowest BCUT2D eigenvalue weighted by atomic mass is 10.0. The zero-order valence-corrected chi connectivity index (χ0v) is 16.6. The van der Waals surface area contributed by atoms with Crippen LogP contribution in [0.25, 0.3) is 11.1 Å². The average Bonchev–Trinajstić information content (AvgIpc) is 3.35. The maximum Gasteiger partial charge on any atom is 0.419 e. The van der Waals surface area contributed by atoms with Crippen LogP contribution in [0.2, 0.25) is 0 Å². The van der Waals surface area contributed by atoms with Crippen molar-refractivity contribution in [3.05, 3.63) is 58.6 Å². The highest BCUT2D eigenvalue weighted by Crippen LogP contribution is 2.39. The highest BCUT2D eigenvalue weighted by molar-refractivity contribution is 5.78. The second-order valence-corrected chi connectivity index (χ2v) is 7.09. The quantitative estimate of drug-likeness (QED) is 0.639. The molecule has 7 heteroatoms. The molecule has 3 aromatic rings. The van der Waals surface area contributed by atoms with Crippen molar-refractivity contribution in [1.82, 2.24) is 9.47 Å². The molecule has 0 saturated carbocycles. The van der Waals surface area contributed by atoms with Gasteiger partial charge in [-0.2, -0.15) is 0 Å². The maximum atomic E-state index is 13.0. The summed E-state index contributed by atoms with van der Waals surface area (Å²) in [6.45, 7) is 0.970. The summed E-state index contributed by atoms with van der Waals surface area (Å²) in [6.07, 6.45) is 2.02. The third-order valence-corrected chi connectivity index (χ3v) is 5.49. The van der Waals surface area contributed by atoms with Crippen LogP contribution in [0.1, 0.15) is 30.9 Å². The first-order chi connectivity index (χ1) is 14.1. The van der Waals surface area contributed by atoms with Crippen LogP contribution in [0.5, 0.6) is 11.5 Å². The Bertz CT molecular complexity index is 1080. The Balaban J connectivity index is 1.54. The normalized spacial score (nSPS) is 16.3. The average molecular weight is 396 g/mol. The van der Waals surface area contributed by atoms with Crippen LogP contribution in [0.15, 0.2) is 51.7 Å². The van der Waals surface area contributed by atoms with Gasteiger partial charge in [-0.3, -0.25) is 9.36 Å². The molecular formula is C22H24N2O5. The number of oxazole rings is 1. The van der Waals surface area contributed by atoms with E-state index in [4.69, 9.17) is 13.9 Å². The Kier molecular flexibility index (Phi) is 5.29. The zero-order valence-electron chi connectivity index (χ0n) is 16.6. The number of para-hydroxylation sites is 2. The van der Waals surface area contributed by atoms with Gasteiger partial charge in [-0.25, -0.2) is 4.79 Å². The van der Waals surface area contributed by atoms with Crippen LogP contribution in [-0.2, 0) is 11.3 Å².